The standard InChI is InChI=1S/C18H20FN5O2.C2H2O4/c19-14-3-1-4-15(11-14)24-10-9-22(18(24)26)8-6-21-13-17(25)23-7-2-5-16(23)12-20;3-1(4)2(5)6/h1,3-4,9-11,16,21H,2,5-8,13H2;(H,3,4)(H,5,6). The van der Waals surface area contributed by atoms with Crippen molar-refractivity contribution in [2.45, 2.75) is 25.4 Å². The molecule has 1 unspecified atom stereocenters. The van der Waals surface area contributed by atoms with Crippen LogP contribution in [0.1, 0.15) is 12.8 Å². The van der Waals surface area contributed by atoms with E-state index in [-0.39, 0.29) is 24.2 Å². The van der Waals surface area contributed by atoms with Gasteiger partial charge in [0, 0.05) is 32.0 Å². The summed E-state index contributed by atoms with van der Waals surface area (Å²) in [5.74, 6) is -4.15. The van der Waals surface area contributed by atoms with Gasteiger partial charge in [0.1, 0.15) is 11.9 Å². The topological polar surface area (TPSA) is 158 Å². The average molecular weight is 447 g/mol. The molecule has 3 N–H and O–H groups in total. The van der Waals surface area contributed by atoms with Crippen molar-refractivity contribution in [2.75, 3.05) is 19.6 Å². The van der Waals surface area contributed by atoms with Gasteiger partial charge in [-0.05, 0) is 31.0 Å². The van der Waals surface area contributed by atoms with Gasteiger partial charge in [-0.2, -0.15) is 5.26 Å². The number of hydrogen-bond acceptors (Lipinski definition) is 6. The third kappa shape index (κ3) is 6.51. The van der Waals surface area contributed by atoms with E-state index in [0.717, 1.165) is 12.8 Å². The quantitative estimate of drug-likeness (QED) is 0.414. The van der Waals surface area contributed by atoms with Crippen molar-refractivity contribution in [2.24, 2.45) is 0 Å². The highest BCUT2D eigenvalue weighted by Crippen LogP contribution is 2.15. The molecule has 1 saturated heterocycles. The number of carboxylic acid groups (broad SMARTS) is 2. The fourth-order valence-electron chi connectivity index (χ4n) is 3.10. The minimum absolute atomic E-state index is 0.0984. The third-order valence-corrected chi connectivity index (χ3v) is 4.64. The van der Waals surface area contributed by atoms with Crippen LogP contribution in [0, 0.1) is 17.1 Å². The van der Waals surface area contributed by atoms with E-state index in [2.05, 4.69) is 11.4 Å². The summed E-state index contributed by atoms with van der Waals surface area (Å²) in [4.78, 5) is 44.3. The number of carboxylic acids is 2. The Labute approximate surface area is 181 Å². The molecule has 1 aliphatic heterocycles. The zero-order valence-corrected chi connectivity index (χ0v) is 17.0. The second-order valence-electron chi connectivity index (χ2n) is 6.79. The molecule has 1 aromatic heterocycles. The van der Waals surface area contributed by atoms with Crippen molar-refractivity contribution in [3.63, 3.8) is 0 Å². The summed E-state index contributed by atoms with van der Waals surface area (Å²) in [5.41, 5.74) is 0.196. The number of nitriles is 1. The summed E-state index contributed by atoms with van der Waals surface area (Å²) in [7, 11) is 0. The first-order valence-electron chi connectivity index (χ1n) is 9.64. The lowest BCUT2D eigenvalue weighted by molar-refractivity contribution is -0.159. The van der Waals surface area contributed by atoms with Gasteiger partial charge in [0.2, 0.25) is 5.91 Å². The molecule has 1 atom stereocenters. The molecule has 0 aliphatic carbocycles. The molecule has 0 spiro atoms. The predicted molar refractivity (Wildman–Crippen MR) is 108 cm³/mol. The molecule has 1 fully saturated rings. The Hall–Kier alpha value is -3.98. The molecule has 1 aliphatic rings. The Morgan fingerprint density at radius 3 is 2.56 bits per heavy atom. The van der Waals surface area contributed by atoms with E-state index in [1.165, 1.54) is 21.3 Å². The number of carbonyl (C=O) groups is 3. The molecule has 1 amide bonds. The van der Waals surface area contributed by atoms with Crippen LogP contribution in [-0.4, -0.2) is 67.8 Å². The third-order valence-electron chi connectivity index (χ3n) is 4.64. The van der Waals surface area contributed by atoms with Crippen molar-refractivity contribution in [3.8, 4) is 11.8 Å². The highest BCUT2D eigenvalue weighted by Gasteiger charge is 2.27. The van der Waals surface area contributed by atoms with Crippen LogP contribution < -0.4 is 11.0 Å². The van der Waals surface area contributed by atoms with Gasteiger partial charge in [0.25, 0.3) is 0 Å². The normalized spacial score (nSPS) is 14.9. The Bertz CT molecular complexity index is 1060. The molecule has 12 heteroatoms. The number of nitrogens with one attached hydrogen (secondary N) is 1. The fourth-order valence-corrected chi connectivity index (χ4v) is 3.10. The lowest BCUT2D eigenvalue weighted by atomic mass is 10.2. The molecule has 32 heavy (non-hydrogen) atoms. The van der Waals surface area contributed by atoms with Gasteiger partial charge < -0.3 is 20.4 Å². The molecule has 11 nitrogen and oxygen atoms in total. The van der Waals surface area contributed by atoms with E-state index in [1.807, 2.05) is 0 Å². The van der Waals surface area contributed by atoms with E-state index in [4.69, 9.17) is 25.1 Å². The molecule has 0 radical (unpaired) electrons. The van der Waals surface area contributed by atoms with Gasteiger partial charge in [0.05, 0.1) is 18.3 Å². The van der Waals surface area contributed by atoms with Crippen LogP contribution in [0.4, 0.5) is 4.39 Å². The molecular formula is C20H22FN5O6. The number of nitrogens with zero attached hydrogens (tertiary/aromatic N) is 4. The van der Waals surface area contributed by atoms with Crippen molar-refractivity contribution >= 4 is 17.8 Å². The van der Waals surface area contributed by atoms with Crippen LogP contribution >= 0.6 is 0 Å². The number of aliphatic carboxylic acids is 2. The first-order chi connectivity index (χ1) is 15.2. The molecule has 1 aromatic carbocycles. The number of aromatic nitrogens is 2. The number of rotatable bonds is 6. The second-order valence-corrected chi connectivity index (χ2v) is 6.79. The van der Waals surface area contributed by atoms with Gasteiger partial charge >= 0.3 is 17.6 Å². The largest absolute Gasteiger partial charge is 0.473 e. The maximum Gasteiger partial charge on any atom is 0.414 e. The van der Waals surface area contributed by atoms with Gasteiger partial charge in [-0.1, -0.05) is 6.07 Å². The SMILES string of the molecule is N#CC1CCCN1C(=O)CNCCn1ccn(-c2cccc(F)c2)c1=O.O=C(O)C(=O)O. The predicted octanol–water partition coefficient (Wildman–Crippen LogP) is 0.0379. The van der Waals surface area contributed by atoms with Gasteiger partial charge in [-0.25, -0.2) is 18.8 Å². The molecule has 0 bridgehead atoms. The number of hydrogen-bond donors (Lipinski definition) is 3. The Kier molecular flexibility index (Phi) is 8.67. The Morgan fingerprint density at radius 2 is 1.94 bits per heavy atom. The highest BCUT2D eigenvalue weighted by atomic mass is 19.1. The van der Waals surface area contributed by atoms with E-state index in [9.17, 15) is 14.0 Å². The minimum Gasteiger partial charge on any atom is -0.473 e. The number of imidazole rings is 1. The van der Waals surface area contributed by atoms with E-state index in [0.29, 0.717) is 25.3 Å². The van der Waals surface area contributed by atoms with Gasteiger partial charge in [-0.3, -0.25) is 13.9 Å². The molecule has 3 rings (SSSR count). The summed E-state index contributed by atoms with van der Waals surface area (Å²) >= 11 is 0. The minimum atomic E-state index is -1.82. The molecule has 2 aromatic rings. The first kappa shape index (κ1) is 24.3. The maximum atomic E-state index is 13.3. The Morgan fingerprint density at radius 1 is 1.22 bits per heavy atom. The zero-order valence-electron chi connectivity index (χ0n) is 17.0. The lowest BCUT2D eigenvalue weighted by Gasteiger charge is -2.19. The Balaban J connectivity index is 0.000000534. The van der Waals surface area contributed by atoms with Crippen LogP contribution in [0.5, 0.6) is 0 Å². The first-order valence-corrected chi connectivity index (χ1v) is 9.64. The average Bonchev–Trinajstić information content (AvgIpc) is 3.38. The molecular weight excluding hydrogens is 425 g/mol. The smallest absolute Gasteiger partial charge is 0.414 e. The van der Waals surface area contributed by atoms with Crippen molar-refractivity contribution in [3.05, 3.63) is 53.0 Å². The van der Waals surface area contributed by atoms with Crippen LogP contribution in [0.25, 0.3) is 5.69 Å². The number of benzene rings is 1. The number of halogens is 1. The van der Waals surface area contributed by atoms with Crippen LogP contribution in [0.3, 0.4) is 0 Å². The van der Waals surface area contributed by atoms with Crippen molar-refractivity contribution in [1.29, 1.82) is 5.26 Å². The number of carbonyl (C=O) groups excluding carboxylic acids is 1. The molecule has 170 valence electrons. The van der Waals surface area contributed by atoms with Crippen molar-refractivity contribution < 1.29 is 29.0 Å². The lowest BCUT2D eigenvalue weighted by Crippen LogP contribution is -2.41. The summed E-state index contributed by atoms with van der Waals surface area (Å²) in [5, 5.41) is 26.8. The van der Waals surface area contributed by atoms with Crippen molar-refractivity contribution in [1.82, 2.24) is 19.4 Å². The number of likely N-dealkylation sites (tertiary alicyclic amines) is 1. The van der Waals surface area contributed by atoms with Gasteiger partial charge in [-0.15, -0.1) is 0 Å². The summed E-state index contributed by atoms with van der Waals surface area (Å²) in [6, 6.07) is 7.65. The summed E-state index contributed by atoms with van der Waals surface area (Å²) in [6.07, 6.45) is 4.80. The van der Waals surface area contributed by atoms with Crippen LogP contribution in [0.15, 0.2) is 41.5 Å². The summed E-state index contributed by atoms with van der Waals surface area (Å²) < 4.78 is 16.2. The highest BCUT2D eigenvalue weighted by molar-refractivity contribution is 6.27. The number of amides is 1. The second kappa shape index (κ2) is 11.4. The van der Waals surface area contributed by atoms with E-state index >= 15 is 0 Å². The van der Waals surface area contributed by atoms with Gasteiger partial charge in [0.15, 0.2) is 0 Å². The maximum absolute atomic E-state index is 13.3. The van der Waals surface area contributed by atoms with Crippen LogP contribution in [-0.2, 0) is 20.9 Å². The molecule has 0 saturated carbocycles. The monoisotopic (exact) mass is 447 g/mol. The summed E-state index contributed by atoms with van der Waals surface area (Å²) in [6.45, 7) is 1.58. The van der Waals surface area contributed by atoms with Crippen LogP contribution in [0.2, 0.25) is 0 Å². The fraction of sp³-hybridized carbons (Fsp3) is 0.350. The van der Waals surface area contributed by atoms with E-state index in [1.54, 1.807) is 29.4 Å². The zero-order chi connectivity index (χ0) is 23.7. The van der Waals surface area contributed by atoms with E-state index < -0.39 is 17.8 Å². The molecule has 2 heterocycles.